The van der Waals surface area contributed by atoms with Gasteiger partial charge in [0, 0.05) is 0 Å². The number of H-pyrrole nitrogens is 1. The maximum Gasteiger partial charge on any atom is 0.316 e. The van der Waals surface area contributed by atoms with Crippen molar-refractivity contribution in [3.05, 3.63) is 5.82 Å². The van der Waals surface area contributed by atoms with Gasteiger partial charge in [-0.3, -0.25) is 9.63 Å². The molecule has 0 aliphatic heterocycles. The van der Waals surface area contributed by atoms with E-state index in [2.05, 4.69) is 31.4 Å². The number of hydroxylamine groups is 1. The molecule has 1 rings (SSSR count). The number of carbonyl (C=O) groups excluding carboxylic acids is 1. The highest BCUT2D eigenvalue weighted by Crippen LogP contribution is 1.81. The van der Waals surface area contributed by atoms with Crippen molar-refractivity contribution in [2.24, 2.45) is 0 Å². The summed E-state index contributed by atoms with van der Waals surface area (Å²) >= 11 is 0. The van der Waals surface area contributed by atoms with Crippen molar-refractivity contribution in [2.75, 3.05) is 6.61 Å². The predicted octanol–water partition coefficient (Wildman–Crippen LogP) is -1.51. The van der Waals surface area contributed by atoms with Crippen LogP contribution >= 0.6 is 0 Å². The number of rotatable bonds is 3. The zero-order chi connectivity index (χ0) is 8.81. The van der Waals surface area contributed by atoms with Gasteiger partial charge in [-0.2, -0.15) is 5.21 Å². The van der Waals surface area contributed by atoms with Gasteiger partial charge < -0.3 is 0 Å². The molecule has 7 heteroatoms. The van der Waals surface area contributed by atoms with Crippen molar-refractivity contribution in [3.63, 3.8) is 0 Å². The van der Waals surface area contributed by atoms with Crippen molar-refractivity contribution < 1.29 is 9.63 Å². The fourth-order valence-electron chi connectivity index (χ4n) is 0.447. The number of tetrazole rings is 1. The first-order valence-corrected chi connectivity index (χ1v) is 2.93. The zero-order valence-electron chi connectivity index (χ0n) is 5.94. The van der Waals surface area contributed by atoms with Gasteiger partial charge in [0.2, 0.25) is 0 Å². The molecule has 0 bridgehead atoms. The van der Waals surface area contributed by atoms with Crippen LogP contribution in [0.25, 0.3) is 0 Å². The van der Waals surface area contributed by atoms with Gasteiger partial charge in [-0.1, -0.05) is 5.92 Å². The Balaban J connectivity index is 2.36. The van der Waals surface area contributed by atoms with Crippen molar-refractivity contribution in [2.45, 2.75) is 0 Å². The van der Waals surface area contributed by atoms with Gasteiger partial charge in [0.15, 0.2) is 0 Å². The lowest BCUT2D eigenvalue weighted by Gasteiger charge is -1.97. The van der Waals surface area contributed by atoms with E-state index < -0.39 is 5.91 Å². The Morgan fingerprint density at radius 2 is 2.67 bits per heavy atom. The smallest absolute Gasteiger partial charge is 0.263 e. The third-order valence-electron chi connectivity index (χ3n) is 0.869. The molecule has 0 atom stereocenters. The predicted molar refractivity (Wildman–Crippen MR) is 36.4 cm³/mol. The number of hydrogen-bond donors (Lipinski definition) is 2. The van der Waals surface area contributed by atoms with E-state index in [4.69, 9.17) is 6.42 Å². The van der Waals surface area contributed by atoms with E-state index in [9.17, 15) is 4.79 Å². The van der Waals surface area contributed by atoms with Gasteiger partial charge in [-0.05, 0) is 5.21 Å². The molecule has 0 unspecified atom stereocenters. The molecule has 0 aliphatic rings. The first-order chi connectivity index (χ1) is 5.84. The number of aromatic nitrogens is 4. The van der Waals surface area contributed by atoms with E-state index >= 15 is 0 Å². The number of hydrogen-bond acceptors (Lipinski definition) is 5. The Kier molecular flexibility index (Phi) is 2.75. The fourth-order valence-corrected chi connectivity index (χ4v) is 0.447. The molecule has 1 amide bonds. The molecule has 7 nitrogen and oxygen atoms in total. The highest BCUT2D eigenvalue weighted by atomic mass is 16.6. The molecule has 0 aliphatic carbocycles. The molecular formula is C5H5N5O2. The van der Waals surface area contributed by atoms with Gasteiger partial charge in [-0.25, -0.2) is 5.48 Å². The van der Waals surface area contributed by atoms with Crippen LogP contribution in [0.15, 0.2) is 0 Å². The highest BCUT2D eigenvalue weighted by Gasteiger charge is 2.09. The fraction of sp³-hybridized carbons (Fsp3) is 0.200. The van der Waals surface area contributed by atoms with Gasteiger partial charge in [0.1, 0.15) is 6.61 Å². The molecule has 12 heavy (non-hydrogen) atoms. The number of nitrogens with zero attached hydrogens (tertiary/aromatic N) is 3. The molecule has 0 aromatic carbocycles. The number of nitrogens with one attached hydrogen (secondary N) is 2. The van der Waals surface area contributed by atoms with Gasteiger partial charge >= 0.3 is 5.91 Å². The molecule has 1 aromatic heterocycles. The van der Waals surface area contributed by atoms with Gasteiger partial charge in [-0.15, -0.1) is 16.6 Å². The highest BCUT2D eigenvalue weighted by molar-refractivity contribution is 5.89. The Morgan fingerprint density at radius 3 is 3.25 bits per heavy atom. The summed E-state index contributed by atoms with van der Waals surface area (Å²) < 4.78 is 0. The molecule has 0 spiro atoms. The van der Waals surface area contributed by atoms with Crippen molar-refractivity contribution >= 4 is 5.91 Å². The molecule has 0 saturated carbocycles. The Bertz CT molecular complexity index is 287. The minimum Gasteiger partial charge on any atom is -0.263 e. The van der Waals surface area contributed by atoms with Crippen LogP contribution in [-0.4, -0.2) is 33.1 Å². The molecule has 0 saturated heterocycles. The van der Waals surface area contributed by atoms with E-state index in [1.165, 1.54) is 0 Å². The molecule has 1 aromatic rings. The van der Waals surface area contributed by atoms with Crippen LogP contribution < -0.4 is 5.48 Å². The van der Waals surface area contributed by atoms with E-state index in [1.54, 1.807) is 0 Å². The molecule has 2 N–H and O–H groups in total. The number of terminal acetylenes is 1. The molecule has 1 heterocycles. The summed E-state index contributed by atoms with van der Waals surface area (Å²) in [5, 5.41) is 12.1. The van der Waals surface area contributed by atoms with Crippen LogP contribution in [0.2, 0.25) is 0 Å². The monoisotopic (exact) mass is 167 g/mol. The van der Waals surface area contributed by atoms with E-state index in [1.807, 2.05) is 5.48 Å². The number of aromatic amines is 1. The summed E-state index contributed by atoms with van der Waals surface area (Å²) in [6.07, 6.45) is 4.86. The van der Waals surface area contributed by atoms with Gasteiger partial charge in [0.05, 0.1) is 0 Å². The van der Waals surface area contributed by atoms with E-state index in [0.717, 1.165) is 0 Å². The second-order valence-corrected chi connectivity index (χ2v) is 1.66. The van der Waals surface area contributed by atoms with Crippen LogP contribution in [0.3, 0.4) is 0 Å². The quantitative estimate of drug-likeness (QED) is 0.324. The Labute approximate surface area is 67.4 Å². The minimum atomic E-state index is -0.598. The maximum absolute atomic E-state index is 10.9. The third kappa shape index (κ3) is 2.03. The zero-order valence-corrected chi connectivity index (χ0v) is 5.94. The number of carbonyl (C=O) groups is 1. The number of amides is 1. The second kappa shape index (κ2) is 4.05. The first-order valence-electron chi connectivity index (χ1n) is 2.93. The lowest BCUT2D eigenvalue weighted by atomic mass is 10.6. The van der Waals surface area contributed by atoms with E-state index in [-0.39, 0.29) is 12.4 Å². The molecule has 0 radical (unpaired) electrons. The lowest BCUT2D eigenvalue weighted by Crippen LogP contribution is -2.25. The maximum atomic E-state index is 10.9. The van der Waals surface area contributed by atoms with Crippen LogP contribution in [-0.2, 0) is 4.84 Å². The van der Waals surface area contributed by atoms with Gasteiger partial charge in [0.25, 0.3) is 5.82 Å². The Morgan fingerprint density at radius 1 is 1.83 bits per heavy atom. The molecular weight excluding hydrogens is 162 g/mol. The average molecular weight is 167 g/mol. The second-order valence-electron chi connectivity index (χ2n) is 1.66. The van der Waals surface area contributed by atoms with Crippen molar-refractivity contribution in [1.29, 1.82) is 0 Å². The van der Waals surface area contributed by atoms with Crippen molar-refractivity contribution in [1.82, 2.24) is 26.1 Å². The van der Waals surface area contributed by atoms with Crippen LogP contribution in [0.4, 0.5) is 0 Å². The standard InChI is InChI=1S/C5H5N5O2/c1-2-3-12-8-5(11)4-6-9-10-7-4/h1H,3H2,(H,8,11)(H,6,7,9,10). The van der Waals surface area contributed by atoms with Crippen LogP contribution in [0.1, 0.15) is 10.6 Å². The summed E-state index contributed by atoms with van der Waals surface area (Å²) in [5.41, 5.74) is 2.02. The molecule has 0 fully saturated rings. The topological polar surface area (TPSA) is 92.8 Å². The normalized spacial score (nSPS) is 8.92. The largest absolute Gasteiger partial charge is 0.316 e. The summed E-state index contributed by atoms with van der Waals surface area (Å²) in [5.74, 6) is 1.46. The lowest BCUT2D eigenvalue weighted by molar-refractivity contribution is 0.0428. The van der Waals surface area contributed by atoms with Crippen molar-refractivity contribution in [3.8, 4) is 12.3 Å². The third-order valence-corrected chi connectivity index (χ3v) is 0.869. The first kappa shape index (κ1) is 8.16. The molecule has 62 valence electrons. The summed E-state index contributed by atoms with van der Waals surface area (Å²) in [6.45, 7) is -0.0103. The summed E-state index contributed by atoms with van der Waals surface area (Å²) in [7, 11) is 0. The minimum absolute atomic E-state index is 0.0103. The Hall–Kier alpha value is -1.94. The summed E-state index contributed by atoms with van der Waals surface area (Å²) in [4.78, 5) is 15.4. The average Bonchev–Trinajstić information content (AvgIpc) is 2.56. The SMILES string of the molecule is C#CCONC(=O)c1nn[nH]n1. The summed E-state index contributed by atoms with van der Waals surface area (Å²) in [6, 6.07) is 0. The van der Waals surface area contributed by atoms with Crippen LogP contribution in [0.5, 0.6) is 0 Å². The van der Waals surface area contributed by atoms with E-state index in [0.29, 0.717) is 0 Å². The van der Waals surface area contributed by atoms with Crippen LogP contribution in [0, 0.1) is 12.3 Å².